The zero-order valence-electron chi connectivity index (χ0n) is 19.9. The second-order valence-electron chi connectivity index (χ2n) is 8.01. The first kappa shape index (κ1) is 16.3. The van der Waals surface area contributed by atoms with Gasteiger partial charge in [0.25, 0.3) is 5.91 Å². The van der Waals surface area contributed by atoms with Crippen LogP contribution in [0.2, 0.25) is 0 Å². The second kappa shape index (κ2) is 7.09. The number of imidazole rings is 1. The summed E-state index contributed by atoms with van der Waals surface area (Å²) in [6.07, 6.45) is 0.181. The lowest BCUT2D eigenvalue weighted by molar-refractivity contribution is -0.0507. The average molecular weight is 424 g/mol. The number of halogens is 2. The van der Waals surface area contributed by atoms with Crippen molar-refractivity contribution < 1.29 is 22.4 Å². The summed E-state index contributed by atoms with van der Waals surface area (Å²) < 4.78 is 57.3. The Morgan fingerprint density at radius 2 is 2.10 bits per heavy atom. The first-order valence-corrected chi connectivity index (χ1v) is 10.0. The molecule has 2 bridgehead atoms. The molecule has 2 atom stereocenters. The van der Waals surface area contributed by atoms with Crippen LogP contribution in [0, 0.1) is 17.8 Å². The molecule has 7 heteroatoms. The maximum atomic E-state index is 13.4. The molecule has 1 aromatic heterocycles. The second-order valence-corrected chi connectivity index (χ2v) is 8.01. The van der Waals surface area contributed by atoms with Gasteiger partial charge in [-0.2, -0.15) is 8.78 Å². The van der Waals surface area contributed by atoms with Gasteiger partial charge in [-0.3, -0.25) is 4.79 Å². The number of benzene rings is 2. The third kappa shape index (κ3) is 3.05. The summed E-state index contributed by atoms with van der Waals surface area (Å²) in [6.45, 7) is -1.89. The highest BCUT2D eigenvalue weighted by molar-refractivity contribution is 5.97. The van der Waals surface area contributed by atoms with Crippen LogP contribution in [0.25, 0.3) is 11.0 Å². The first-order valence-electron chi connectivity index (χ1n) is 11.5. The van der Waals surface area contributed by atoms with E-state index >= 15 is 0 Å². The van der Waals surface area contributed by atoms with Crippen molar-refractivity contribution in [1.29, 1.82) is 0 Å². The van der Waals surface area contributed by atoms with E-state index in [1.165, 1.54) is 18.2 Å². The van der Waals surface area contributed by atoms with Crippen LogP contribution in [0.3, 0.4) is 0 Å². The smallest absolute Gasteiger partial charge is 0.387 e. The molecule has 0 saturated carbocycles. The van der Waals surface area contributed by atoms with Gasteiger partial charge in [0.15, 0.2) is 0 Å². The molecule has 0 N–H and O–H groups in total. The molecule has 0 aliphatic carbocycles. The molecule has 158 valence electrons. The van der Waals surface area contributed by atoms with Crippen LogP contribution in [-0.2, 0) is 0 Å². The molecule has 1 amide bonds. The Balaban J connectivity index is 1.79. The van der Waals surface area contributed by atoms with Gasteiger partial charge in [-0.05, 0) is 30.3 Å². The molecule has 2 aliphatic heterocycles. The minimum atomic E-state index is -3.10. The Hall–Kier alpha value is -3.40. The van der Waals surface area contributed by atoms with Crippen molar-refractivity contribution in [3.05, 3.63) is 58.9 Å². The number of hydrogen-bond donors (Lipinski definition) is 0. The molecule has 0 saturated heterocycles. The minimum Gasteiger partial charge on any atom is -0.434 e. The molecule has 0 spiro atoms. The summed E-state index contributed by atoms with van der Waals surface area (Å²) in [6, 6.07) is 8.25. The number of alkyl halides is 2. The fraction of sp³-hybridized carbons (Fsp3) is 0.333. The van der Waals surface area contributed by atoms with E-state index in [1.807, 2.05) is 30.5 Å². The number of carbonyl (C=O) groups excluding carboxylic acids is 1. The first-order chi connectivity index (χ1) is 16.1. The summed E-state index contributed by atoms with van der Waals surface area (Å²) in [5.74, 6) is 5.89. The normalized spacial score (nSPS) is 21.2. The number of amides is 1. The highest BCUT2D eigenvalue weighted by atomic mass is 19.3. The highest BCUT2D eigenvalue weighted by Crippen LogP contribution is 2.49. The van der Waals surface area contributed by atoms with Crippen LogP contribution in [-0.4, -0.2) is 33.9 Å². The van der Waals surface area contributed by atoms with Crippen molar-refractivity contribution in [3.63, 3.8) is 0 Å². The molecule has 2 aromatic carbocycles. The average Bonchev–Trinajstić information content (AvgIpc) is 3.24. The maximum absolute atomic E-state index is 13.4. The van der Waals surface area contributed by atoms with Crippen LogP contribution >= 0.6 is 0 Å². The monoisotopic (exact) mass is 424 g/mol. The Bertz CT molecular complexity index is 1370. The Morgan fingerprint density at radius 1 is 1.26 bits per heavy atom. The van der Waals surface area contributed by atoms with Crippen LogP contribution in [0.4, 0.5) is 8.78 Å². The molecule has 2 aliphatic rings. The Kier molecular flexibility index (Phi) is 3.73. The van der Waals surface area contributed by atoms with E-state index in [2.05, 4.69) is 16.8 Å². The van der Waals surface area contributed by atoms with Gasteiger partial charge < -0.3 is 14.2 Å². The lowest BCUT2D eigenvalue weighted by atomic mass is 9.97. The highest BCUT2D eigenvalue weighted by Gasteiger charge is 2.44. The molecular formula is C24H21F2N3O2. The number of aromatic nitrogens is 2. The predicted molar refractivity (Wildman–Crippen MR) is 112 cm³/mol. The minimum absolute atomic E-state index is 0.0324. The van der Waals surface area contributed by atoms with Gasteiger partial charge in [-0.25, -0.2) is 4.98 Å². The van der Waals surface area contributed by atoms with Crippen LogP contribution in [0.15, 0.2) is 36.4 Å². The quantitative estimate of drug-likeness (QED) is 0.557. The van der Waals surface area contributed by atoms with E-state index in [4.69, 9.17) is 8.85 Å². The van der Waals surface area contributed by atoms with Crippen molar-refractivity contribution in [3.8, 4) is 17.6 Å². The van der Waals surface area contributed by atoms with E-state index in [-0.39, 0.29) is 29.2 Å². The number of fused-ring (bicyclic) bond motifs is 9. The number of nitrogens with zero attached hydrogens (tertiary/aromatic N) is 3. The summed E-state index contributed by atoms with van der Waals surface area (Å²) >= 11 is 0. The predicted octanol–water partition coefficient (Wildman–Crippen LogP) is 4.77. The van der Waals surface area contributed by atoms with Crippen LogP contribution < -0.4 is 4.74 Å². The summed E-state index contributed by atoms with van der Waals surface area (Å²) in [4.78, 5) is 18.9. The molecule has 3 aromatic rings. The molecule has 0 unspecified atom stereocenters. The van der Waals surface area contributed by atoms with Crippen molar-refractivity contribution in [1.82, 2.24) is 14.5 Å². The lowest BCUT2D eigenvalue weighted by Crippen LogP contribution is -2.30. The third-order valence-electron chi connectivity index (χ3n) is 5.65. The third-order valence-corrected chi connectivity index (χ3v) is 5.65. The zero-order chi connectivity index (χ0) is 24.4. The Labute approximate surface area is 182 Å². The molecule has 0 radical (unpaired) electrons. The van der Waals surface area contributed by atoms with Gasteiger partial charge in [0.2, 0.25) is 0 Å². The molecule has 31 heavy (non-hydrogen) atoms. The van der Waals surface area contributed by atoms with E-state index < -0.39 is 31.6 Å². The fourth-order valence-electron chi connectivity index (χ4n) is 4.41. The van der Waals surface area contributed by atoms with Crippen molar-refractivity contribution in [2.75, 3.05) is 6.98 Å². The molecular weight excluding hydrogens is 400 g/mol. The SMILES string of the molecule is [2H]C([2H])([2H])N1C(=O)c2cccc(OC(F)F)c2[C@H]2C[C@@H]1c1nc3ccc(C#CC(C)C)cc3n12. The van der Waals surface area contributed by atoms with Gasteiger partial charge >= 0.3 is 6.61 Å². The van der Waals surface area contributed by atoms with Gasteiger partial charge in [0.1, 0.15) is 11.6 Å². The zero-order valence-corrected chi connectivity index (χ0v) is 16.9. The summed E-state index contributed by atoms with van der Waals surface area (Å²) in [5, 5.41) is 0. The fourth-order valence-corrected chi connectivity index (χ4v) is 4.41. The van der Waals surface area contributed by atoms with Crippen molar-refractivity contribution in [2.45, 2.75) is 39.0 Å². The molecule has 5 nitrogen and oxygen atoms in total. The van der Waals surface area contributed by atoms with Crippen molar-refractivity contribution >= 4 is 16.9 Å². The Morgan fingerprint density at radius 3 is 2.84 bits per heavy atom. The number of rotatable bonds is 2. The van der Waals surface area contributed by atoms with E-state index in [0.29, 0.717) is 16.9 Å². The number of carbonyl (C=O) groups is 1. The van der Waals surface area contributed by atoms with E-state index in [1.54, 1.807) is 6.07 Å². The summed E-state index contributed by atoms with van der Waals surface area (Å²) in [7, 11) is 0. The largest absolute Gasteiger partial charge is 0.434 e. The molecule has 3 heterocycles. The van der Waals surface area contributed by atoms with E-state index in [0.717, 1.165) is 10.5 Å². The van der Waals surface area contributed by atoms with Crippen LogP contribution in [0.5, 0.6) is 5.75 Å². The molecule has 5 rings (SSSR count). The van der Waals surface area contributed by atoms with Gasteiger partial charge in [0.05, 0.1) is 23.1 Å². The lowest BCUT2D eigenvalue weighted by Gasteiger charge is -2.24. The molecule has 0 fully saturated rings. The number of ether oxygens (including phenoxy) is 1. The van der Waals surface area contributed by atoms with Gasteiger partial charge in [0, 0.05) is 40.1 Å². The number of hydrogen-bond acceptors (Lipinski definition) is 3. The van der Waals surface area contributed by atoms with Crippen molar-refractivity contribution in [2.24, 2.45) is 5.92 Å². The maximum Gasteiger partial charge on any atom is 0.387 e. The van der Waals surface area contributed by atoms with Gasteiger partial charge in [-0.1, -0.05) is 31.8 Å². The van der Waals surface area contributed by atoms with E-state index in [9.17, 15) is 13.6 Å². The standard InChI is InChI=1S/C24H21F2N3O2/c1-13(2)7-8-14-9-10-16-17(11-14)29-18-12-19(22(29)27-16)28(3)23(30)15-5-4-6-20(21(15)18)31-24(25)26/h4-6,9-11,13,18-19,24H,12H2,1-3H3/t18-,19-/m1/s1/i3D3. The summed E-state index contributed by atoms with van der Waals surface area (Å²) in [5.41, 5.74) is 2.32. The van der Waals surface area contributed by atoms with Crippen LogP contribution in [0.1, 0.15) is 63.8 Å². The van der Waals surface area contributed by atoms with Gasteiger partial charge in [-0.15, -0.1) is 0 Å². The topological polar surface area (TPSA) is 47.4 Å².